The third kappa shape index (κ3) is 3.38. The number of rotatable bonds is 5. The van der Waals surface area contributed by atoms with Crippen molar-refractivity contribution in [2.75, 3.05) is 20.3 Å². The summed E-state index contributed by atoms with van der Waals surface area (Å²) in [4.78, 5) is 23.1. The van der Waals surface area contributed by atoms with E-state index in [9.17, 15) is 4.79 Å². The van der Waals surface area contributed by atoms with Crippen molar-refractivity contribution in [3.05, 3.63) is 59.2 Å². The summed E-state index contributed by atoms with van der Waals surface area (Å²) in [5.41, 5.74) is 3.10. The van der Waals surface area contributed by atoms with Crippen LogP contribution in [0.3, 0.4) is 0 Å². The van der Waals surface area contributed by atoms with Crippen molar-refractivity contribution in [1.82, 2.24) is 5.32 Å². The molecule has 0 radical (unpaired) electrons. The van der Waals surface area contributed by atoms with Gasteiger partial charge in [0.15, 0.2) is 5.75 Å². The molecular weight excluding hydrogens is 346 g/mol. The van der Waals surface area contributed by atoms with Gasteiger partial charge in [-0.05, 0) is 36.2 Å². The molecule has 0 saturated carbocycles. The van der Waals surface area contributed by atoms with E-state index in [1.165, 1.54) is 0 Å². The monoisotopic (exact) mass is 369 g/mol. The number of ether oxygens (including phenoxy) is 2. The fourth-order valence-corrected chi connectivity index (χ4v) is 3.90. The van der Waals surface area contributed by atoms with Crippen molar-refractivity contribution in [1.29, 1.82) is 0 Å². The molecule has 0 aromatic heterocycles. The second kappa shape index (κ2) is 7.58. The number of nitrogens with one attached hydrogen (secondary N) is 1. The van der Waals surface area contributed by atoms with Gasteiger partial charge in [-0.15, -0.1) is 0 Å². The fourth-order valence-electron chi connectivity index (χ4n) is 3.90. The van der Waals surface area contributed by atoms with E-state index in [1.807, 2.05) is 49.4 Å². The second-order valence-corrected chi connectivity index (χ2v) is 6.76. The highest BCUT2D eigenvalue weighted by Crippen LogP contribution is 2.42. The number of carbonyl (C=O) groups excluding carboxylic acids is 1. The van der Waals surface area contributed by atoms with E-state index in [1.54, 1.807) is 7.11 Å². The normalized spacial score (nSPS) is 23.6. The Kier molecular flexibility index (Phi) is 5.01. The number of hydrogen-bond donors (Lipinski definition) is 1. The predicted molar refractivity (Wildman–Crippen MR) is 98.5 cm³/mol. The van der Waals surface area contributed by atoms with Crippen LogP contribution in [-0.4, -0.2) is 26.2 Å². The molecule has 3 atom stereocenters. The Balaban J connectivity index is 1.66. The van der Waals surface area contributed by atoms with Crippen molar-refractivity contribution in [3.63, 3.8) is 0 Å². The lowest BCUT2D eigenvalue weighted by molar-refractivity contribution is -0.194. The van der Waals surface area contributed by atoms with E-state index < -0.39 is 0 Å². The maximum atomic E-state index is 12.8. The molecule has 0 amide bonds. The lowest BCUT2D eigenvalue weighted by atomic mass is 9.82. The average Bonchev–Trinajstić information content (AvgIpc) is 3.34. The maximum absolute atomic E-state index is 12.8. The highest BCUT2D eigenvalue weighted by Gasteiger charge is 2.43. The summed E-state index contributed by atoms with van der Waals surface area (Å²) >= 11 is 0. The third-order valence-corrected chi connectivity index (χ3v) is 5.27. The first-order valence-electron chi connectivity index (χ1n) is 9.17. The van der Waals surface area contributed by atoms with Gasteiger partial charge in [0, 0.05) is 24.1 Å². The second-order valence-electron chi connectivity index (χ2n) is 6.76. The van der Waals surface area contributed by atoms with Gasteiger partial charge in [-0.1, -0.05) is 24.3 Å². The Morgan fingerprint density at radius 3 is 2.70 bits per heavy atom. The van der Waals surface area contributed by atoms with Gasteiger partial charge in [0.2, 0.25) is 0 Å². The Hall–Kier alpha value is -2.57. The number of methoxy groups -OCH3 is 1. The van der Waals surface area contributed by atoms with Crippen molar-refractivity contribution in [2.45, 2.75) is 25.5 Å². The standard InChI is InChI=1S/C21H23NO5/c1-3-25-21(23)19-17(14-4-5-15-12-26-27-18(15)10-14)11-22-20(19)13-6-8-16(24-2)9-7-13/h4-10,17,19-20,22H,3,11-12H2,1-2H3. The molecule has 142 valence electrons. The lowest BCUT2D eigenvalue weighted by Gasteiger charge is -2.23. The van der Waals surface area contributed by atoms with Gasteiger partial charge in [0.05, 0.1) is 19.6 Å². The smallest absolute Gasteiger partial charge is 0.311 e. The minimum atomic E-state index is -0.321. The third-order valence-electron chi connectivity index (χ3n) is 5.27. The van der Waals surface area contributed by atoms with Crippen LogP contribution in [0.15, 0.2) is 42.5 Å². The van der Waals surface area contributed by atoms with Crippen molar-refractivity contribution in [2.24, 2.45) is 5.92 Å². The van der Waals surface area contributed by atoms with Gasteiger partial charge in [-0.2, -0.15) is 4.89 Å². The SMILES string of the molecule is CCOC(=O)C1C(c2ccc3c(c2)OOC3)CNC1c1ccc(OC)cc1. The summed E-state index contributed by atoms with van der Waals surface area (Å²) in [5, 5.41) is 3.50. The fraction of sp³-hybridized carbons (Fsp3) is 0.381. The van der Waals surface area contributed by atoms with Crippen LogP contribution in [0.1, 0.15) is 35.6 Å². The summed E-state index contributed by atoms with van der Waals surface area (Å²) in [7, 11) is 1.64. The molecule has 27 heavy (non-hydrogen) atoms. The van der Waals surface area contributed by atoms with Crippen LogP contribution in [0.5, 0.6) is 11.5 Å². The van der Waals surface area contributed by atoms with E-state index in [2.05, 4.69) is 5.32 Å². The number of carbonyl (C=O) groups is 1. The minimum Gasteiger partial charge on any atom is -0.497 e. The molecular formula is C21H23NO5. The van der Waals surface area contributed by atoms with Crippen LogP contribution in [-0.2, 0) is 21.0 Å². The number of esters is 1. The molecule has 0 spiro atoms. The van der Waals surface area contributed by atoms with Gasteiger partial charge < -0.3 is 19.7 Å². The molecule has 2 aromatic rings. The van der Waals surface area contributed by atoms with Gasteiger partial charge in [0.1, 0.15) is 12.4 Å². The van der Waals surface area contributed by atoms with E-state index >= 15 is 0 Å². The molecule has 4 rings (SSSR count). The first kappa shape index (κ1) is 17.8. The molecule has 2 aliphatic rings. The van der Waals surface area contributed by atoms with Crippen LogP contribution in [0, 0.1) is 5.92 Å². The molecule has 0 bridgehead atoms. The lowest BCUT2D eigenvalue weighted by Crippen LogP contribution is -2.27. The molecule has 1 saturated heterocycles. The summed E-state index contributed by atoms with van der Waals surface area (Å²) < 4.78 is 10.6. The summed E-state index contributed by atoms with van der Waals surface area (Å²) in [5.74, 6) is 0.995. The van der Waals surface area contributed by atoms with Crippen LogP contribution in [0.2, 0.25) is 0 Å². The van der Waals surface area contributed by atoms with Crippen LogP contribution in [0.25, 0.3) is 0 Å². The van der Waals surface area contributed by atoms with Crippen molar-refractivity contribution in [3.8, 4) is 11.5 Å². The molecule has 6 nitrogen and oxygen atoms in total. The molecule has 3 unspecified atom stereocenters. The quantitative estimate of drug-likeness (QED) is 0.645. The summed E-state index contributed by atoms with van der Waals surface area (Å²) in [6, 6.07) is 13.7. The van der Waals surface area contributed by atoms with Crippen molar-refractivity contribution < 1.29 is 24.0 Å². The number of benzene rings is 2. The number of fused-ring (bicyclic) bond motifs is 1. The summed E-state index contributed by atoms with van der Waals surface area (Å²) in [6.45, 7) is 3.32. The van der Waals surface area contributed by atoms with Gasteiger partial charge in [-0.25, -0.2) is 0 Å². The first-order chi connectivity index (χ1) is 13.2. The highest BCUT2D eigenvalue weighted by molar-refractivity contribution is 5.76. The van der Waals surface area contributed by atoms with E-state index in [4.69, 9.17) is 19.2 Å². The Bertz CT molecular complexity index is 820. The number of hydrogen-bond acceptors (Lipinski definition) is 6. The molecule has 1 N–H and O–H groups in total. The molecule has 2 heterocycles. The topological polar surface area (TPSA) is 66.0 Å². The summed E-state index contributed by atoms with van der Waals surface area (Å²) in [6.07, 6.45) is 0. The van der Waals surface area contributed by atoms with Gasteiger partial charge in [0.25, 0.3) is 0 Å². The Morgan fingerprint density at radius 1 is 1.19 bits per heavy atom. The van der Waals surface area contributed by atoms with E-state index in [0.29, 0.717) is 19.8 Å². The zero-order valence-corrected chi connectivity index (χ0v) is 15.4. The molecule has 2 aromatic carbocycles. The largest absolute Gasteiger partial charge is 0.497 e. The van der Waals surface area contributed by atoms with E-state index in [0.717, 1.165) is 28.2 Å². The van der Waals surface area contributed by atoms with Crippen LogP contribution >= 0.6 is 0 Å². The maximum Gasteiger partial charge on any atom is 0.311 e. The highest BCUT2D eigenvalue weighted by atomic mass is 17.2. The minimum absolute atomic E-state index is 0.00866. The zero-order valence-electron chi connectivity index (χ0n) is 15.4. The zero-order chi connectivity index (χ0) is 18.8. The van der Waals surface area contributed by atoms with E-state index in [-0.39, 0.29) is 23.8 Å². The van der Waals surface area contributed by atoms with Crippen LogP contribution in [0.4, 0.5) is 0 Å². The molecule has 6 heteroatoms. The van der Waals surface area contributed by atoms with Crippen LogP contribution < -0.4 is 14.9 Å². The molecule has 0 aliphatic carbocycles. The van der Waals surface area contributed by atoms with Gasteiger partial charge in [-0.3, -0.25) is 4.79 Å². The Labute approximate surface area is 158 Å². The molecule has 2 aliphatic heterocycles. The Morgan fingerprint density at radius 2 is 1.96 bits per heavy atom. The molecule has 1 fully saturated rings. The van der Waals surface area contributed by atoms with Gasteiger partial charge >= 0.3 is 5.97 Å². The average molecular weight is 369 g/mol. The van der Waals surface area contributed by atoms with Crippen molar-refractivity contribution >= 4 is 5.97 Å². The first-order valence-corrected chi connectivity index (χ1v) is 9.17. The predicted octanol–water partition coefficient (Wildman–Crippen LogP) is 3.13.